The molecule has 0 radical (unpaired) electrons. The molecule has 0 saturated carbocycles. The summed E-state index contributed by atoms with van der Waals surface area (Å²) in [7, 11) is 1.96. The molecule has 0 fully saturated rings. The minimum Gasteiger partial charge on any atom is -0.381 e. The van der Waals surface area contributed by atoms with Crippen molar-refractivity contribution in [1.29, 1.82) is 0 Å². The van der Waals surface area contributed by atoms with E-state index in [1.807, 2.05) is 17.9 Å². The highest BCUT2D eigenvalue weighted by molar-refractivity contribution is 9.10. The summed E-state index contributed by atoms with van der Waals surface area (Å²) in [6, 6.07) is 6.25. The Bertz CT molecular complexity index is 531. The van der Waals surface area contributed by atoms with Gasteiger partial charge in [0.1, 0.15) is 0 Å². The molecule has 90 valence electrons. The van der Waals surface area contributed by atoms with Crippen LogP contribution in [0.2, 0.25) is 0 Å². The highest BCUT2D eigenvalue weighted by Gasteiger charge is 2.04. The standard InChI is InChI=1S/C13H16BrN3/c1-9-4-5-12(14)6-13(9)15-7-11-8-16-17(3)10(11)2/h4-6,8,15H,7H2,1-3H3. The lowest BCUT2D eigenvalue weighted by molar-refractivity contribution is 0.738. The first kappa shape index (κ1) is 12.2. The second-order valence-electron chi connectivity index (χ2n) is 4.19. The third-order valence-corrected chi connectivity index (χ3v) is 3.50. The van der Waals surface area contributed by atoms with E-state index in [0.717, 1.165) is 16.7 Å². The molecule has 2 rings (SSSR count). The lowest BCUT2D eigenvalue weighted by Gasteiger charge is -2.09. The van der Waals surface area contributed by atoms with Gasteiger partial charge in [0.25, 0.3) is 0 Å². The molecule has 1 heterocycles. The van der Waals surface area contributed by atoms with E-state index in [4.69, 9.17) is 0 Å². The Morgan fingerprint density at radius 1 is 1.35 bits per heavy atom. The minimum absolute atomic E-state index is 0.803. The summed E-state index contributed by atoms with van der Waals surface area (Å²) in [5.74, 6) is 0. The number of hydrogen-bond acceptors (Lipinski definition) is 2. The number of hydrogen-bond donors (Lipinski definition) is 1. The Morgan fingerprint density at radius 2 is 2.12 bits per heavy atom. The van der Waals surface area contributed by atoms with Crippen LogP contribution in [0.15, 0.2) is 28.9 Å². The second-order valence-corrected chi connectivity index (χ2v) is 5.11. The molecule has 17 heavy (non-hydrogen) atoms. The van der Waals surface area contributed by atoms with Crippen LogP contribution in [-0.4, -0.2) is 9.78 Å². The van der Waals surface area contributed by atoms with Crippen LogP contribution in [0, 0.1) is 13.8 Å². The van der Waals surface area contributed by atoms with E-state index in [1.165, 1.54) is 16.8 Å². The summed E-state index contributed by atoms with van der Waals surface area (Å²) in [4.78, 5) is 0. The molecule has 0 unspecified atom stereocenters. The van der Waals surface area contributed by atoms with E-state index in [2.05, 4.69) is 58.4 Å². The molecule has 2 aromatic rings. The number of aryl methyl sites for hydroxylation is 2. The van der Waals surface area contributed by atoms with E-state index >= 15 is 0 Å². The molecule has 1 aromatic heterocycles. The fourth-order valence-corrected chi connectivity index (χ4v) is 2.05. The lowest BCUT2D eigenvalue weighted by Crippen LogP contribution is -2.02. The molecule has 0 aliphatic rings. The first-order valence-corrected chi connectivity index (χ1v) is 6.34. The first-order valence-electron chi connectivity index (χ1n) is 5.55. The maximum absolute atomic E-state index is 4.24. The molecule has 3 nitrogen and oxygen atoms in total. The molecule has 0 aliphatic heterocycles. The van der Waals surface area contributed by atoms with Crippen LogP contribution in [-0.2, 0) is 13.6 Å². The Hall–Kier alpha value is -1.29. The molecule has 4 heteroatoms. The zero-order valence-electron chi connectivity index (χ0n) is 10.3. The highest BCUT2D eigenvalue weighted by Crippen LogP contribution is 2.21. The van der Waals surface area contributed by atoms with Crippen molar-refractivity contribution in [2.24, 2.45) is 7.05 Å². The molecule has 0 amide bonds. The van der Waals surface area contributed by atoms with Crippen molar-refractivity contribution in [3.05, 3.63) is 45.7 Å². The predicted molar refractivity (Wildman–Crippen MR) is 74.2 cm³/mol. The van der Waals surface area contributed by atoms with Gasteiger partial charge in [-0.1, -0.05) is 22.0 Å². The second kappa shape index (κ2) is 4.92. The molecule has 0 bridgehead atoms. The molecule has 0 spiro atoms. The molecular weight excluding hydrogens is 278 g/mol. The predicted octanol–water partition coefficient (Wildman–Crippen LogP) is 3.41. The fourth-order valence-electron chi connectivity index (χ4n) is 1.69. The fraction of sp³-hybridized carbons (Fsp3) is 0.308. The molecule has 0 atom stereocenters. The van der Waals surface area contributed by atoms with Gasteiger partial charge in [-0.15, -0.1) is 0 Å². The zero-order chi connectivity index (χ0) is 12.4. The van der Waals surface area contributed by atoms with Crippen LogP contribution in [0.25, 0.3) is 0 Å². The molecule has 1 aromatic carbocycles. The van der Waals surface area contributed by atoms with Gasteiger partial charge in [0, 0.05) is 35.0 Å². The van der Waals surface area contributed by atoms with Crippen molar-refractivity contribution in [2.45, 2.75) is 20.4 Å². The smallest absolute Gasteiger partial charge is 0.0542 e. The van der Waals surface area contributed by atoms with E-state index in [0.29, 0.717) is 0 Å². The normalized spacial score (nSPS) is 10.6. The summed E-state index contributed by atoms with van der Waals surface area (Å²) in [5, 5.41) is 7.68. The lowest BCUT2D eigenvalue weighted by atomic mass is 10.2. The van der Waals surface area contributed by atoms with Crippen LogP contribution >= 0.6 is 15.9 Å². The van der Waals surface area contributed by atoms with Gasteiger partial charge in [0.15, 0.2) is 0 Å². The Kier molecular flexibility index (Phi) is 3.52. The summed E-state index contributed by atoms with van der Waals surface area (Å²) in [6.45, 7) is 4.99. The van der Waals surface area contributed by atoms with Gasteiger partial charge < -0.3 is 5.32 Å². The summed E-state index contributed by atoms with van der Waals surface area (Å²) >= 11 is 3.48. The van der Waals surface area contributed by atoms with Crippen molar-refractivity contribution in [2.75, 3.05) is 5.32 Å². The van der Waals surface area contributed by atoms with Crippen molar-refractivity contribution >= 4 is 21.6 Å². The summed E-state index contributed by atoms with van der Waals surface area (Å²) in [5.41, 5.74) is 4.83. The number of nitrogens with one attached hydrogen (secondary N) is 1. The number of halogens is 1. The van der Waals surface area contributed by atoms with Crippen molar-refractivity contribution < 1.29 is 0 Å². The number of aromatic nitrogens is 2. The van der Waals surface area contributed by atoms with Gasteiger partial charge >= 0.3 is 0 Å². The molecule has 0 aliphatic carbocycles. The van der Waals surface area contributed by atoms with E-state index in [9.17, 15) is 0 Å². The third-order valence-electron chi connectivity index (χ3n) is 3.01. The number of anilines is 1. The zero-order valence-corrected chi connectivity index (χ0v) is 11.9. The Morgan fingerprint density at radius 3 is 2.76 bits per heavy atom. The highest BCUT2D eigenvalue weighted by atomic mass is 79.9. The van der Waals surface area contributed by atoms with E-state index < -0.39 is 0 Å². The van der Waals surface area contributed by atoms with Gasteiger partial charge in [0.05, 0.1) is 6.20 Å². The molecule has 1 N–H and O–H groups in total. The number of nitrogens with zero attached hydrogens (tertiary/aromatic N) is 2. The maximum Gasteiger partial charge on any atom is 0.0542 e. The number of benzene rings is 1. The van der Waals surface area contributed by atoms with Crippen LogP contribution in [0.5, 0.6) is 0 Å². The average molecular weight is 294 g/mol. The van der Waals surface area contributed by atoms with Crippen LogP contribution in [0.4, 0.5) is 5.69 Å². The minimum atomic E-state index is 0.803. The van der Waals surface area contributed by atoms with Crippen molar-refractivity contribution in [3.8, 4) is 0 Å². The van der Waals surface area contributed by atoms with Gasteiger partial charge in [-0.3, -0.25) is 4.68 Å². The van der Waals surface area contributed by atoms with Crippen LogP contribution < -0.4 is 5.32 Å². The summed E-state index contributed by atoms with van der Waals surface area (Å²) in [6.07, 6.45) is 1.91. The molecule has 0 saturated heterocycles. The largest absolute Gasteiger partial charge is 0.381 e. The Labute approximate surface area is 110 Å². The topological polar surface area (TPSA) is 29.9 Å². The van der Waals surface area contributed by atoms with Crippen molar-refractivity contribution in [3.63, 3.8) is 0 Å². The monoisotopic (exact) mass is 293 g/mol. The van der Waals surface area contributed by atoms with Gasteiger partial charge in [-0.25, -0.2) is 0 Å². The maximum atomic E-state index is 4.24. The van der Waals surface area contributed by atoms with Gasteiger partial charge in [0.2, 0.25) is 0 Å². The SMILES string of the molecule is Cc1ccc(Br)cc1NCc1cnn(C)c1C. The quantitative estimate of drug-likeness (QED) is 0.940. The van der Waals surface area contributed by atoms with Crippen LogP contribution in [0.3, 0.4) is 0 Å². The van der Waals surface area contributed by atoms with Gasteiger partial charge in [-0.05, 0) is 31.5 Å². The van der Waals surface area contributed by atoms with Gasteiger partial charge in [-0.2, -0.15) is 5.10 Å². The summed E-state index contributed by atoms with van der Waals surface area (Å²) < 4.78 is 2.98. The average Bonchev–Trinajstić information content (AvgIpc) is 2.62. The Balaban J connectivity index is 2.12. The van der Waals surface area contributed by atoms with E-state index in [-0.39, 0.29) is 0 Å². The molecular formula is C13H16BrN3. The van der Waals surface area contributed by atoms with Crippen molar-refractivity contribution in [1.82, 2.24) is 9.78 Å². The third kappa shape index (κ3) is 2.69. The van der Waals surface area contributed by atoms with E-state index in [1.54, 1.807) is 0 Å². The number of rotatable bonds is 3. The first-order chi connectivity index (χ1) is 8.08. The van der Waals surface area contributed by atoms with Crippen LogP contribution in [0.1, 0.15) is 16.8 Å².